The van der Waals surface area contributed by atoms with Gasteiger partial charge in [0.2, 0.25) is 0 Å². The summed E-state index contributed by atoms with van der Waals surface area (Å²) in [6.07, 6.45) is 2.98. The van der Waals surface area contributed by atoms with Crippen molar-refractivity contribution in [2.24, 2.45) is 0 Å². The van der Waals surface area contributed by atoms with E-state index in [9.17, 15) is 0 Å². The van der Waals surface area contributed by atoms with Crippen LogP contribution in [0, 0.1) is 0 Å². The van der Waals surface area contributed by atoms with Gasteiger partial charge in [-0.3, -0.25) is 0 Å². The molecular weight excluding hydrogens is 270 g/mol. The molecule has 2 heterocycles. The molecule has 0 spiro atoms. The van der Waals surface area contributed by atoms with Gasteiger partial charge in [0.1, 0.15) is 0 Å². The molecule has 1 aliphatic heterocycles. The normalized spacial score (nSPS) is 23.6. The molecular formula is C15H25N3OS. The van der Waals surface area contributed by atoms with Crippen LogP contribution in [0.5, 0.6) is 0 Å². The van der Waals surface area contributed by atoms with Crippen LogP contribution in [0.4, 0.5) is 5.13 Å². The smallest absolute Gasteiger partial charge is 0.186 e. The maximum absolute atomic E-state index is 5.62. The van der Waals surface area contributed by atoms with Gasteiger partial charge in [-0.2, -0.15) is 0 Å². The van der Waals surface area contributed by atoms with E-state index in [0.717, 1.165) is 32.3 Å². The van der Waals surface area contributed by atoms with Crippen molar-refractivity contribution in [3.8, 4) is 0 Å². The molecule has 20 heavy (non-hydrogen) atoms. The number of thiazole rings is 1. The fourth-order valence-corrected chi connectivity index (χ4v) is 3.78. The molecule has 2 aliphatic rings. The fraction of sp³-hybridized carbons (Fsp3) is 0.800. The summed E-state index contributed by atoms with van der Waals surface area (Å²) in [5.74, 6) is 0.495. The fourth-order valence-electron chi connectivity index (χ4n) is 2.58. The van der Waals surface area contributed by atoms with Gasteiger partial charge in [-0.15, -0.1) is 11.3 Å². The van der Waals surface area contributed by atoms with Crippen LogP contribution in [-0.2, 0) is 11.3 Å². The van der Waals surface area contributed by atoms with E-state index in [1.165, 1.54) is 28.5 Å². The zero-order chi connectivity index (χ0) is 14.1. The summed E-state index contributed by atoms with van der Waals surface area (Å²) in [5, 5.41) is 4.80. The quantitative estimate of drug-likeness (QED) is 0.906. The lowest BCUT2D eigenvalue weighted by atomic mass is 10.1. The number of morpholine rings is 1. The number of hydrogen-bond acceptors (Lipinski definition) is 5. The van der Waals surface area contributed by atoms with Crippen LogP contribution in [0.25, 0.3) is 0 Å². The van der Waals surface area contributed by atoms with E-state index in [0.29, 0.717) is 12.0 Å². The van der Waals surface area contributed by atoms with Crippen molar-refractivity contribution in [1.29, 1.82) is 0 Å². The molecule has 1 unspecified atom stereocenters. The van der Waals surface area contributed by atoms with Crippen molar-refractivity contribution in [1.82, 2.24) is 10.3 Å². The Labute approximate surface area is 125 Å². The largest absolute Gasteiger partial charge is 0.375 e. The van der Waals surface area contributed by atoms with Crippen LogP contribution in [0.2, 0.25) is 0 Å². The molecule has 0 bridgehead atoms. The van der Waals surface area contributed by atoms with Gasteiger partial charge in [0.25, 0.3) is 0 Å². The Morgan fingerprint density at radius 3 is 2.90 bits per heavy atom. The standard InChI is InChI=1S/C15H25N3OS/c1-10(2)14-13(8-16-12-4-5-12)20-15(17-14)18-6-7-19-11(3)9-18/h10-12,16H,4-9H2,1-3H3. The minimum Gasteiger partial charge on any atom is -0.375 e. The molecule has 0 amide bonds. The lowest BCUT2D eigenvalue weighted by Gasteiger charge is -2.30. The molecule has 3 rings (SSSR count). The number of aromatic nitrogens is 1. The van der Waals surface area contributed by atoms with Crippen LogP contribution in [-0.4, -0.2) is 36.8 Å². The molecule has 1 N–H and O–H groups in total. The van der Waals surface area contributed by atoms with E-state index in [2.05, 4.69) is 31.0 Å². The van der Waals surface area contributed by atoms with E-state index in [1.54, 1.807) is 0 Å². The molecule has 1 aromatic rings. The van der Waals surface area contributed by atoms with Crippen molar-refractivity contribution in [3.05, 3.63) is 10.6 Å². The SMILES string of the molecule is CC1CN(c2nc(C(C)C)c(CNC3CC3)s2)CCO1. The molecule has 1 atom stereocenters. The zero-order valence-corrected chi connectivity index (χ0v) is 13.5. The molecule has 112 valence electrons. The summed E-state index contributed by atoms with van der Waals surface area (Å²) < 4.78 is 5.62. The second kappa shape index (κ2) is 6.00. The van der Waals surface area contributed by atoms with Crippen LogP contribution in [0.1, 0.15) is 50.1 Å². The van der Waals surface area contributed by atoms with Gasteiger partial charge in [-0.1, -0.05) is 13.8 Å². The second-order valence-electron chi connectivity index (χ2n) is 6.24. The number of nitrogens with zero attached hydrogens (tertiary/aromatic N) is 2. The highest BCUT2D eigenvalue weighted by Gasteiger charge is 2.25. The van der Waals surface area contributed by atoms with E-state index in [1.807, 2.05) is 11.3 Å². The monoisotopic (exact) mass is 295 g/mol. The summed E-state index contributed by atoms with van der Waals surface area (Å²) in [6, 6.07) is 0.754. The average Bonchev–Trinajstić information content (AvgIpc) is 3.14. The summed E-state index contributed by atoms with van der Waals surface area (Å²) in [6.45, 7) is 10.3. The van der Waals surface area contributed by atoms with E-state index in [-0.39, 0.29) is 0 Å². The number of nitrogens with one attached hydrogen (secondary N) is 1. The number of ether oxygens (including phenoxy) is 1. The van der Waals surface area contributed by atoms with Crippen LogP contribution >= 0.6 is 11.3 Å². The number of rotatable bonds is 5. The Morgan fingerprint density at radius 1 is 1.45 bits per heavy atom. The maximum Gasteiger partial charge on any atom is 0.186 e. The molecule has 2 fully saturated rings. The lowest BCUT2D eigenvalue weighted by Crippen LogP contribution is -2.41. The second-order valence-corrected chi connectivity index (χ2v) is 7.30. The molecule has 4 nitrogen and oxygen atoms in total. The van der Waals surface area contributed by atoms with Crippen LogP contribution < -0.4 is 10.2 Å². The van der Waals surface area contributed by atoms with Crippen molar-refractivity contribution in [2.75, 3.05) is 24.6 Å². The molecule has 0 aromatic carbocycles. The molecule has 1 saturated heterocycles. The van der Waals surface area contributed by atoms with Gasteiger partial charge in [0.05, 0.1) is 18.4 Å². The summed E-state index contributed by atoms with van der Waals surface area (Å²) in [4.78, 5) is 8.71. The Hall–Kier alpha value is -0.650. The third kappa shape index (κ3) is 3.32. The Balaban J connectivity index is 1.74. The first kappa shape index (κ1) is 14.3. The molecule has 1 saturated carbocycles. The number of anilines is 1. The highest BCUT2D eigenvalue weighted by molar-refractivity contribution is 7.15. The van der Waals surface area contributed by atoms with Crippen LogP contribution in [0.3, 0.4) is 0 Å². The Kier molecular flexibility index (Phi) is 4.29. The van der Waals surface area contributed by atoms with Crippen LogP contribution in [0.15, 0.2) is 0 Å². The van der Waals surface area contributed by atoms with Crippen molar-refractivity contribution in [2.45, 2.75) is 58.2 Å². The maximum atomic E-state index is 5.62. The molecule has 5 heteroatoms. The van der Waals surface area contributed by atoms with Gasteiger partial charge in [0, 0.05) is 30.6 Å². The predicted molar refractivity (Wildman–Crippen MR) is 83.7 cm³/mol. The zero-order valence-electron chi connectivity index (χ0n) is 12.7. The first-order chi connectivity index (χ1) is 9.63. The van der Waals surface area contributed by atoms with E-state index >= 15 is 0 Å². The van der Waals surface area contributed by atoms with Gasteiger partial charge < -0.3 is 15.0 Å². The summed E-state index contributed by atoms with van der Waals surface area (Å²) in [7, 11) is 0. The first-order valence-electron chi connectivity index (χ1n) is 7.73. The summed E-state index contributed by atoms with van der Waals surface area (Å²) >= 11 is 1.86. The first-order valence-corrected chi connectivity index (χ1v) is 8.54. The molecule has 1 aliphatic carbocycles. The third-order valence-corrected chi connectivity index (χ3v) is 5.04. The van der Waals surface area contributed by atoms with Gasteiger partial charge in [-0.05, 0) is 25.7 Å². The summed E-state index contributed by atoms with van der Waals surface area (Å²) in [5.41, 5.74) is 1.28. The van der Waals surface area contributed by atoms with Gasteiger partial charge in [-0.25, -0.2) is 4.98 Å². The van der Waals surface area contributed by atoms with Crippen molar-refractivity contribution >= 4 is 16.5 Å². The van der Waals surface area contributed by atoms with Crippen molar-refractivity contribution in [3.63, 3.8) is 0 Å². The highest BCUT2D eigenvalue weighted by atomic mass is 32.1. The highest BCUT2D eigenvalue weighted by Crippen LogP contribution is 2.32. The topological polar surface area (TPSA) is 37.4 Å². The van der Waals surface area contributed by atoms with Gasteiger partial charge >= 0.3 is 0 Å². The van der Waals surface area contributed by atoms with Crippen molar-refractivity contribution < 1.29 is 4.74 Å². The van der Waals surface area contributed by atoms with E-state index in [4.69, 9.17) is 9.72 Å². The minimum absolute atomic E-state index is 0.309. The number of hydrogen-bond donors (Lipinski definition) is 1. The van der Waals surface area contributed by atoms with E-state index < -0.39 is 0 Å². The average molecular weight is 295 g/mol. The third-order valence-electron chi connectivity index (χ3n) is 3.90. The molecule has 1 aromatic heterocycles. The Morgan fingerprint density at radius 2 is 2.25 bits per heavy atom. The Bertz CT molecular complexity index is 456. The lowest BCUT2D eigenvalue weighted by molar-refractivity contribution is 0.0532. The van der Waals surface area contributed by atoms with Gasteiger partial charge in [0.15, 0.2) is 5.13 Å². The minimum atomic E-state index is 0.309. The molecule has 0 radical (unpaired) electrons. The predicted octanol–water partition coefficient (Wildman–Crippen LogP) is 2.74.